The largest absolute Gasteiger partial charge is 0.370 e. The smallest absolute Gasteiger partial charge is 0.262 e. The Labute approximate surface area is 162 Å². The van der Waals surface area contributed by atoms with Gasteiger partial charge in [0.25, 0.3) is 11.8 Å². The second-order valence-electron chi connectivity index (χ2n) is 8.31. The Hall–Kier alpha value is -2.74. The van der Waals surface area contributed by atoms with Crippen LogP contribution in [0, 0.1) is 5.41 Å². The van der Waals surface area contributed by atoms with E-state index in [0.29, 0.717) is 16.5 Å². The molecular formula is C20H22N4O4. The number of carbonyl (C=O) groups excluding carboxylic acids is 4. The van der Waals surface area contributed by atoms with Gasteiger partial charge in [-0.05, 0) is 44.0 Å². The second-order valence-corrected chi connectivity index (χ2v) is 8.31. The van der Waals surface area contributed by atoms with Crippen molar-refractivity contribution in [3.63, 3.8) is 0 Å². The molecule has 1 unspecified atom stereocenters. The van der Waals surface area contributed by atoms with Crippen LogP contribution in [0.25, 0.3) is 0 Å². The summed E-state index contributed by atoms with van der Waals surface area (Å²) in [6.45, 7) is 3.98. The predicted octanol–water partition coefficient (Wildman–Crippen LogP) is 0.278. The number of nitrogens with zero attached hydrogens (tertiary/aromatic N) is 2. The first-order valence-corrected chi connectivity index (χ1v) is 9.79. The van der Waals surface area contributed by atoms with Gasteiger partial charge >= 0.3 is 0 Å². The van der Waals surface area contributed by atoms with Crippen LogP contribution in [0.1, 0.15) is 46.4 Å². The minimum Gasteiger partial charge on any atom is -0.370 e. The van der Waals surface area contributed by atoms with Crippen LogP contribution in [-0.4, -0.2) is 60.7 Å². The average molecular weight is 382 g/mol. The SMILES string of the molecule is O=C1CCC(N2C(=O)c3ccc(N4CC5(CCCNC5)C4)cc3C2=O)C(=O)N1. The molecule has 0 bridgehead atoms. The van der Waals surface area contributed by atoms with Crippen molar-refractivity contribution >= 4 is 29.3 Å². The summed E-state index contributed by atoms with van der Waals surface area (Å²) in [7, 11) is 0. The molecule has 2 N–H and O–H groups in total. The van der Waals surface area contributed by atoms with Crippen molar-refractivity contribution < 1.29 is 19.2 Å². The van der Waals surface area contributed by atoms with E-state index >= 15 is 0 Å². The number of hydrogen-bond donors (Lipinski definition) is 2. The number of amides is 4. The molecule has 0 aromatic heterocycles. The zero-order chi connectivity index (χ0) is 19.5. The summed E-state index contributed by atoms with van der Waals surface area (Å²) in [5.74, 6) is -1.87. The monoisotopic (exact) mass is 382 g/mol. The highest BCUT2D eigenvalue weighted by Gasteiger charge is 2.46. The maximum atomic E-state index is 12.9. The number of carbonyl (C=O) groups is 4. The van der Waals surface area contributed by atoms with Crippen LogP contribution in [0.3, 0.4) is 0 Å². The van der Waals surface area contributed by atoms with Crippen LogP contribution in [-0.2, 0) is 9.59 Å². The van der Waals surface area contributed by atoms with Gasteiger partial charge in [0.05, 0.1) is 11.1 Å². The third-order valence-electron chi connectivity index (χ3n) is 6.40. The molecule has 146 valence electrons. The van der Waals surface area contributed by atoms with Crippen LogP contribution in [0.5, 0.6) is 0 Å². The molecule has 8 heteroatoms. The van der Waals surface area contributed by atoms with E-state index in [-0.39, 0.29) is 18.7 Å². The molecule has 4 aliphatic rings. The topological polar surface area (TPSA) is 98.8 Å². The molecule has 1 atom stereocenters. The summed E-state index contributed by atoms with van der Waals surface area (Å²) in [5, 5.41) is 5.68. The number of imide groups is 2. The summed E-state index contributed by atoms with van der Waals surface area (Å²) in [4.78, 5) is 52.4. The fourth-order valence-corrected chi connectivity index (χ4v) is 4.90. The Bertz CT molecular complexity index is 897. The van der Waals surface area contributed by atoms with Crippen LogP contribution in [0.2, 0.25) is 0 Å². The van der Waals surface area contributed by atoms with Gasteiger partial charge in [0, 0.05) is 37.2 Å². The van der Waals surface area contributed by atoms with Crippen LogP contribution >= 0.6 is 0 Å². The van der Waals surface area contributed by atoms with Crippen molar-refractivity contribution in [1.29, 1.82) is 0 Å². The van der Waals surface area contributed by atoms with Gasteiger partial charge in [0.15, 0.2) is 0 Å². The lowest BCUT2D eigenvalue weighted by Gasteiger charge is -2.53. The van der Waals surface area contributed by atoms with Crippen LogP contribution in [0.15, 0.2) is 18.2 Å². The number of hydrogen-bond acceptors (Lipinski definition) is 6. The first kappa shape index (κ1) is 17.4. The Morgan fingerprint density at radius 3 is 2.54 bits per heavy atom. The molecule has 28 heavy (non-hydrogen) atoms. The molecule has 0 aliphatic carbocycles. The number of fused-ring (bicyclic) bond motifs is 1. The number of nitrogens with one attached hydrogen (secondary N) is 2. The zero-order valence-electron chi connectivity index (χ0n) is 15.5. The summed E-state index contributed by atoms with van der Waals surface area (Å²) in [5.41, 5.74) is 1.92. The van der Waals surface area contributed by atoms with E-state index in [1.807, 2.05) is 6.07 Å². The van der Waals surface area contributed by atoms with Gasteiger partial charge in [-0.3, -0.25) is 29.4 Å². The van der Waals surface area contributed by atoms with Crippen molar-refractivity contribution in [1.82, 2.24) is 15.5 Å². The summed E-state index contributed by atoms with van der Waals surface area (Å²) >= 11 is 0. The van der Waals surface area contributed by atoms with Crippen molar-refractivity contribution in [3.05, 3.63) is 29.3 Å². The van der Waals surface area contributed by atoms with Crippen molar-refractivity contribution in [2.45, 2.75) is 31.7 Å². The van der Waals surface area contributed by atoms with E-state index in [9.17, 15) is 19.2 Å². The fourth-order valence-electron chi connectivity index (χ4n) is 4.90. The lowest BCUT2D eigenvalue weighted by Crippen LogP contribution is -2.62. The number of anilines is 1. The van der Waals surface area contributed by atoms with Crippen molar-refractivity contribution in [3.8, 4) is 0 Å². The standard InChI is InChI=1S/C20H22N4O4/c25-16-5-4-15(17(26)22-16)24-18(27)13-3-2-12(8-14(13)19(24)28)23-10-20(11-23)6-1-7-21-9-20/h2-3,8,15,21H,1,4-7,9-11H2,(H,22,25,26). The van der Waals surface area contributed by atoms with Gasteiger partial charge in [-0.15, -0.1) is 0 Å². The van der Waals surface area contributed by atoms with Gasteiger partial charge in [-0.1, -0.05) is 0 Å². The van der Waals surface area contributed by atoms with E-state index in [0.717, 1.165) is 36.8 Å². The molecule has 3 fully saturated rings. The maximum absolute atomic E-state index is 12.9. The van der Waals surface area contributed by atoms with Gasteiger partial charge < -0.3 is 10.2 Å². The average Bonchev–Trinajstić information content (AvgIpc) is 2.91. The molecule has 1 aromatic rings. The molecule has 4 heterocycles. The highest BCUT2D eigenvalue weighted by Crippen LogP contribution is 2.40. The van der Waals surface area contributed by atoms with Gasteiger partial charge in [-0.2, -0.15) is 0 Å². The molecule has 1 aromatic carbocycles. The Kier molecular flexibility index (Phi) is 3.80. The van der Waals surface area contributed by atoms with Crippen LogP contribution < -0.4 is 15.5 Å². The third-order valence-corrected chi connectivity index (χ3v) is 6.40. The number of piperidine rings is 2. The molecular weight excluding hydrogens is 360 g/mol. The molecule has 1 spiro atoms. The number of benzene rings is 1. The first-order chi connectivity index (χ1) is 13.5. The lowest BCUT2D eigenvalue weighted by atomic mass is 9.73. The van der Waals surface area contributed by atoms with E-state index in [4.69, 9.17) is 0 Å². The van der Waals surface area contributed by atoms with Gasteiger partial charge in [0.1, 0.15) is 6.04 Å². The van der Waals surface area contributed by atoms with Gasteiger partial charge in [0.2, 0.25) is 11.8 Å². The van der Waals surface area contributed by atoms with Crippen molar-refractivity contribution in [2.75, 3.05) is 31.1 Å². The summed E-state index contributed by atoms with van der Waals surface area (Å²) in [6.07, 6.45) is 2.69. The van der Waals surface area contributed by atoms with E-state index in [1.165, 1.54) is 12.8 Å². The van der Waals surface area contributed by atoms with Crippen LogP contribution in [0.4, 0.5) is 5.69 Å². The normalized spacial score (nSPS) is 26.4. The molecule has 8 nitrogen and oxygen atoms in total. The minimum atomic E-state index is -0.922. The quantitative estimate of drug-likeness (QED) is 0.713. The zero-order valence-corrected chi connectivity index (χ0v) is 15.5. The Morgan fingerprint density at radius 1 is 1.04 bits per heavy atom. The molecule has 4 amide bonds. The predicted molar refractivity (Wildman–Crippen MR) is 99.9 cm³/mol. The highest BCUT2D eigenvalue weighted by atomic mass is 16.2. The molecule has 4 aliphatic heterocycles. The third kappa shape index (κ3) is 2.55. The second kappa shape index (κ2) is 6.13. The molecule has 5 rings (SSSR count). The molecule has 0 saturated carbocycles. The summed E-state index contributed by atoms with van der Waals surface area (Å²) in [6, 6.07) is 4.40. The lowest BCUT2D eigenvalue weighted by molar-refractivity contribution is -0.136. The van der Waals surface area contributed by atoms with Crippen molar-refractivity contribution in [2.24, 2.45) is 5.41 Å². The van der Waals surface area contributed by atoms with E-state index < -0.39 is 23.8 Å². The first-order valence-electron chi connectivity index (χ1n) is 9.79. The fraction of sp³-hybridized carbons (Fsp3) is 0.500. The summed E-state index contributed by atoms with van der Waals surface area (Å²) < 4.78 is 0. The minimum absolute atomic E-state index is 0.124. The van der Waals surface area contributed by atoms with E-state index in [2.05, 4.69) is 15.5 Å². The number of rotatable bonds is 2. The maximum Gasteiger partial charge on any atom is 0.262 e. The Morgan fingerprint density at radius 2 is 1.82 bits per heavy atom. The molecule has 3 saturated heterocycles. The van der Waals surface area contributed by atoms with E-state index in [1.54, 1.807) is 12.1 Å². The van der Waals surface area contributed by atoms with Gasteiger partial charge in [-0.25, -0.2) is 0 Å². The molecule has 0 radical (unpaired) electrons. The Balaban J connectivity index is 1.36. The highest BCUT2D eigenvalue weighted by molar-refractivity contribution is 6.23.